The molecule has 4 aliphatic heterocycles. The van der Waals surface area contributed by atoms with E-state index in [0.29, 0.717) is 155 Å². The molecule has 19 nitrogen and oxygen atoms in total. The van der Waals surface area contributed by atoms with Gasteiger partial charge >= 0.3 is 6.03 Å². The molecule has 0 spiro atoms. The van der Waals surface area contributed by atoms with Crippen LogP contribution in [-0.4, -0.2) is 159 Å². The summed E-state index contributed by atoms with van der Waals surface area (Å²) in [7, 11) is 0. The number of unbranched alkanes of at least 4 members (excludes halogenated alkanes) is 2. The SMILES string of the molecule is CC(=O)NCCOCCOCCNC(=O)Nc1cc(C(=O)CCCOCCCC(=O)CCCC[C@@H]2SC[C@@H]3NC(N)=N[C@@H]32)cc(C(=O)CCCOCCCC(=O)CCCC[C@@H]2SC[C@@H]3NC(N)=N[C@@H]32)c1. The van der Waals surface area contributed by atoms with Crippen molar-refractivity contribution in [2.75, 3.05) is 82.8 Å². The van der Waals surface area contributed by atoms with Crippen molar-refractivity contribution < 1.29 is 47.7 Å². The van der Waals surface area contributed by atoms with Crippen LogP contribution >= 0.6 is 23.5 Å². The van der Waals surface area contributed by atoms with Crippen molar-refractivity contribution in [2.24, 2.45) is 21.5 Å². The fraction of sp³-hybridized carbons (Fsp3) is 0.714. The van der Waals surface area contributed by atoms with Crippen LogP contribution in [0.15, 0.2) is 28.2 Å². The van der Waals surface area contributed by atoms with Gasteiger partial charge in [-0.3, -0.25) is 24.0 Å². The number of nitrogens with zero attached hydrogens (tertiary/aromatic N) is 2. The Bertz CT molecular complexity index is 1820. The van der Waals surface area contributed by atoms with Crippen LogP contribution in [0.5, 0.6) is 0 Å². The van der Waals surface area contributed by atoms with Crippen LogP contribution < -0.4 is 38.1 Å². The number of nitrogens with one attached hydrogen (secondary N) is 5. The molecule has 3 amide bonds. The summed E-state index contributed by atoms with van der Waals surface area (Å²) in [6, 6.07) is 5.33. The van der Waals surface area contributed by atoms with Gasteiger partial charge in [-0.1, -0.05) is 12.8 Å². The highest BCUT2D eigenvalue weighted by Gasteiger charge is 2.41. The Balaban J connectivity index is 0.957. The zero-order valence-electron chi connectivity index (χ0n) is 40.9. The molecule has 4 aliphatic rings. The maximum Gasteiger partial charge on any atom is 0.319 e. The average molecular weight is 1020 g/mol. The van der Waals surface area contributed by atoms with Crippen LogP contribution in [0.25, 0.3) is 0 Å². The molecule has 0 radical (unpaired) electrons. The molecule has 0 bridgehead atoms. The van der Waals surface area contributed by atoms with Crippen molar-refractivity contribution >= 4 is 76.2 Å². The van der Waals surface area contributed by atoms with E-state index in [-0.39, 0.29) is 67.1 Å². The molecule has 6 atom stereocenters. The molecular weight excluding hydrogens is 939 g/mol. The van der Waals surface area contributed by atoms with E-state index in [1.54, 1.807) is 18.2 Å². The second-order valence-corrected chi connectivity index (χ2v) is 20.7. The molecule has 70 heavy (non-hydrogen) atoms. The molecule has 390 valence electrons. The minimum atomic E-state index is -0.523. The molecule has 0 saturated carbocycles. The number of hydrogen-bond acceptors (Lipinski definition) is 18. The Morgan fingerprint density at radius 1 is 0.571 bits per heavy atom. The first-order valence-electron chi connectivity index (χ1n) is 25.2. The number of hydrogen-bond donors (Lipinski definition) is 7. The van der Waals surface area contributed by atoms with Crippen LogP contribution in [0.1, 0.15) is 130 Å². The largest absolute Gasteiger partial charge is 0.381 e. The summed E-state index contributed by atoms with van der Waals surface area (Å²) in [5.74, 6) is 3.06. The number of aliphatic imine (C=N–C) groups is 2. The summed E-state index contributed by atoms with van der Waals surface area (Å²) in [6.45, 7) is 4.86. The monoisotopic (exact) mass is 1020 g/mol. The first-order chi connectivity index (χ1) is 33.9. The van der Waals surface area contributed by atoms with Gasteiger partial charge in [0.1, 0.15) is 11.6 Å². The Labute approximate surface area is 421 Å². The van der Waals surface area contributed by atoms with Crippen molar-refractivity contribution in [2.45, 2.75) is 144 Å². The van der Waals surface area contributed by atoms with Crippen LogP contribution in [-0.2, 0) is 33.3 Å². The van der Waals surface area contributed by atoms with Crippen molar-refractivity contribution in [3.05, 3.63) is 29.3 Å². The van der Waals surface area contributed by atoms with Gasteiger partial charge in [-0.25, -0.2) is 14.8 Å². The van der Waals surface area contributed by atoms with Gasteiger partial charge in [0.15, 0.2) is 23.5 Å². The van der Waals surface area contributed by atoms with E-state index in [1.807, 2.05) is 23.5 Å². The number of amides is 3. The molecule has 21 heteroatoms. The third-order valence-electron chi connectivity index (χ3n) is 12.4. The number of urea groups is 1. The topological polar surface area (TPSA) is 276 Å². The Kier molecular flexibility index (Phi) is 25.8. The number of Topliss-reactive ketones (excluding diaryl/α,β-unsaturated/α-hetero) is 4. The summed E-state index contributed by atoms with van der Waals surface area (Å²) < 4.78 is 22.4. The number of ether oxygens (including phenoxy) is 4. The van der Waals surface area contributed by atoms with E-state index in [4.69, 9.17) is 30.4 Å². The van der Waals surface area contributed by atoms with Crippen molar-refractivity contribution in [1.29, 1.82) is 0 Å². The number of benzene rings is 1. The number of nitrogens with two attached hydrogens (primary N) is 2. The lowest BCUT2D eigenvalue weighted by molar-refractivity contribution is -0.120. The third kappa shape index (κ3) is 21.2. The number of guanidine groups is 2. The highest BCUT2D eigenvalue weighted by Crippen LogP contribution is 2.36. The second kappa shape index (κ2) is 31.9. The second-order valence-electron chi connectivity index (χ2n) is 18.2. The van der Waals surface area contributed by atoms with Gasteiger partial charge in [0.2, 0.25) is 5.91 Å². The predicted molar refractivity (Wildman–Crippen MR) is 275 cm³/mol. The average Bonchev–Trinajstić information content (AvgIpc) is 4.10. The van der Waals surface area contributed by atoms with Crippen molar-refractivity contribution in [3.8, 4) is 0 Å². The lowest BCUT2D eigenvalue weighted by Crippen LogP contribution is -2.38. The molecule has 1 aromatic rings. The molecule has 9 N–H and O–H groups in total. The number of ketones is 4. The number of fused-ring (bicyclic) bond motifs is 2. The lowest BCUT2D eigenvalue weighted by Gasteiger charge is -2.14. The highest BCUT2D eigenvalue weighted by molar-refractivity contribution is 8.00. The first-order valence-corrected chi connectivity index (χ1v) is 27.3. The van der Waals surface area contributed by atoms with Gasteiger partial charge in [0.25, 0.3) is 0 Å². The third-order valence-corrected chi connectivity index (χ3v) is 15.4. The van der Waals surface area contributed by atoms with Crippen molar-refractivity contribution in [3.63, 3.8) is 0 Å². The lowest BCUT2D eigenvalue weighted by atomic mass is 9.99. The maximum atomic E-state index is 13.4. The Morgan fingerprint density at radius 2 is 1.00 bits per heavy atom. The Hall–Kier alpha value is -4.28. The number of anilines is 1. The molecule has 2 fully saturated rings. The number of carbonyl (C=O) groups is 6. The molecule has 4 heterocycles. The summed E-state index contributed by atoms with van der Waals surface area (Å²) in [5.41, 5.74) is 12.6. The van der Waals surface area contributed by atoms with Crippen LogP contribution in [0.4, 0.5) is 10.5 Å². The van der Waals surface area contributed by atoms with Crippen molar-refractivity contribution in [1.82, 2.24) is 21.3 Å². The summed E-state index contributed by atoms with van der Waals surface area (Å²) >= 11 is 3.87. The minimum Gasteiger partial charge on any atom is -0.381 e. The van der Waals surface area contributed by atoms with Crippen LogP contribution in [0.3, 0.4) is 0 Å². The van der Waals surface area contributed by atoms with Gasteiger partial charge in [0.05, 0.1) is 50.6 Å². The predicted octanol–water partition coefficient (Wildman–Crippen LogP) is 4.30. The van der Waals surface area contributed by atoms with Crippen LogP contribution in [0, 0.1) is 0 Å². The standard InChI is InChI=1S/C49H77N9O10S2/c1-33(59)52-18-24-67-26-27-68-25-19-53-49(64)54-36-29-34(41(62)14-8-22-65-20-6-12-37(60)10-2-4-16-43-45-39(31-69-43)55-47(50)57-45)28-35(30-36)42(63)15-9-23-66-21-7-13-38(61)11-3-5-17-44-46-40(32-70-44)56-48(51)58-46/h28-30,39-40,43-46H,2-27,31-32H2,1H3,(H,52,59)(H3,50,55,57)(H3,51,56,58)(H2,53,54,64)/t39-,40-,43-,44-,45-,46-/m0/s1. The highest BCUT2D eigenvalue weighted by atomic mass is 32.2. The smallest absolute Gasteiger partial charge is 0.319 e. The Morgan fingerprint density at radius 3 is 1.47 bits per heavy atom. The summed E-state index contributed by atoms with van der Waals surface area (Å²) in [5, 5.41) is 15.5. The zero-order valence-corrected chi connectivity index (χ0v) is 42.6. The quantitative estimate of drug-likeness (QED) is 0.0359. The number of rotatable bonds is 38. The molecular formula is C49H77N9O10S2. The van der Waals surface area contributed by atoms with E-state index in [9.17, 15) is 28.8 Å². The van der Waals surface area contributed by atoms with Gasteiger partial charge in [-0.05, 0) is 69.6 Å². The fourth-order valence-electron chi connectivity index (χ4n) is 8.80. The molecule has 1 aromatic carbocycles. The van der Waals surface area contributed by atoms with Gasteiger partial charge in [-0.2, -0.15) is 23.5 Å². The number of thioether (sulfide) groups is 2. The molecule has 0 aromatic heterocycles. The summed E-state index contributed by atoms with van der Waals surface area (Å²) in [6.07, 6.45) is 10.3. The minimum absolute atomic E-state index is 0.124. The first kappa shape index (κ1) is 56.6. The van der Waals surface area contributed by atoms with Crippen LogP contribution in [0.2, 0.25) is 0 Å². The number of carbonyl (C=O) groups excluding carboxylic acids is 6. The fourth-order valence-corrected chi connectivity index (χ4v) is 11.8. The van der Waals surface area contributed by atoms with Gasteiger partial charge in [-0.15, -0.1) is 0 Å². The zero-order chi connectivity index (χ0) is 49.9. The molecule has 0 unspecified atom stereocenters. The van der Waals surface area contributed by atoms with E-state index in [0.717, 1.165) is 50.0 Å². The van der Waals surface area contributed by atoms with E-state index < -0.39 is 6.03 Å². The molecule has 2 saturated heterocycles. The maximum absolute atomic E-state index is 13.4. The van der Waals surface area contributed by atoms with Gasteiger partial charge in [0, 0.05) is 124 Å². The molecule has 5 rings (SSSR count). The molecule has 0 aliphatic carbocycles. The van der Waals surface area contributed by atoms with Gasteiger partial charge < -0.3 is 57.0 Å². The normalized spacial score (nSPS) is 21.0. The van der Waals surface area contributed by atoms with E-state index in [1.165, 1.54) is 6.92 Å². The van der Waals surface area contributed by atoms with E-state index >= 15 is 0 Å². The summed E-state index contributed by atoms with van der Waals surface area (Å²) in [4.78, 5) is 84.6. The van der Waals surface area contributed by atoms with E-state index in [2.05, 4.69) is 36.6 Å².